The van der Waals surface area contributed by atoms with Crippen molar-refractivity contribution in [3.05, 3.63) is 70.9 Å². The first-order chi connectivity index (χ1) is 13.6. The van der Waals surface area contributed by atoms with Crippen molar-refractivity contribution in [3.8, 4) is 0 Å². The number of anilines is 4. The topological polar surface area (TPSA) is 44.3 Å². The van der Waals surface area contributed by atoms with E-state index in [0.29, 0.717) is 5.95 Å². The third kappa shape index (κ3) is 4.37. The molecule has 5 nitrogen and oxygen atoms in total. The van der Waals surface area contributed by atoms with Crippen molar-refractivity contribution in [2.24, 2.45) is 0 Å². The normalized spacial score (nSPS) is 14.2. The number of nitrogens with zero attached hydrogens (tertiary/aromatic N) is 4. The molecule has 2 aromatic carbocycles. The van der Waals surface area contributed by atoms with Gasteiger partial charge in [0.05, 0.1) is 0 Å². The van der Waals surface area contributed by atoms with Crippen molar-refractivity contribution >= 4 is 34.7 Å². The van der Waals surface area contributed by atoms with Crippen molar-refractivity contribution in [3.63, 3.8) is 0 Å². The van der Waals surface area contributed by atoms with Crippen LogP contribution < -0.4 is 15.1 Å². The highest BCUT2D eigenvalue weighted by Crippen LogP contribution is 2.23. The summed E-state index contributed by atoms with van der Waals surface area (Å²) in [7, 11) is 0. The number of hydrogen-bond donors (Lipinski definition) is 1. The maximum Gasteiger partial charge on any atom is 0.229 e. The molecule has 0 unspecified atom stereocenters. The Morgan fingerprint density at radius 2 is 1.61 bits per heavy atom. The Hall–Kier alpha value is -2.79. The summed E-state index contributed by atoms with van der Waals surface area (Å²) >= 11 is 6.13. The van der Waals surface area contributed by atoms with Gasteiger partial charge in [0, 0.05) is 48.8 Å². The summed E-state index contributed by atoms with van der Waals surface area (Å²) in [6, 6.07) is 16.4. The Morgan fingerprint density at radius 1 is 0.893 bits per heavy atom. The van der Waals surface area contributed by atoms with E-state index in [1.165, 1.54) is 16.8 Å². The number of halogens is 1. The standard InChI is InChI=1S/C22H24ClN5/c1-16-12-17(2)14-19(13-16)25-22-24-7-6-21(26-22)28-10-8-27(9-11-28)20-5-3-4-18(23)15-20/h3-7,12-15H,8-11H2,1-2H3,(H,24,25,26). The Labute approximate surface area is 171 Å². The molecule has 1 aromatic heterocycles. The van der Waals surface area contributed by atoms with Crippen LogP contribution >= 0.6 is 11.6 Å². The summed E-state index contributed by atoms with van der Waals surface area (Å²) in [6.07, 6.45) is 1.82. The molecule has 1 N–H and O–H groups in total. The van der Waals surface area contributed by atoms with Gasteiger partial charge in [0.2, 0.25) is 5.95 Å². The predicted molar refractivity (Wildman–Crippen MR) is 117 cm³/mol. The van der Waals surface area contributed by atoms with E-state index in [4.69, 9.17) is 16.6 Å². The fourth-order valence-electron chi connectivity index (χ4n) is 3.63. The predicted octanol–water partition coefficient (Wildman–Crippen LogP) is 4.82. The molecule has 28 heavy (non-hydrogen) atoms. The van der Waals surface area contributed by atoms with Gasteiger partial charge in [-0.05, 0) is 61.4 Å². The van der Waals surface area contributed by atoms with Gasteiger partial charge in [-0.25, -0.2) is 4.98 Å². The molecule has 0 aliphatic carbocycles. The summed E-state index contributed by atoms with van der Waals surface area (Å²) in [6.45, 7) is 7.87. The Bertz CT molecular complexity index is 946. The number of hydrogen-bond acceptors (Lipinski definition) is 5. The molecule has 6 heteroatoms. The SMILES string of the molecule is Cc1cc(C)cc(Nc2nccc(N3CCN(c4cccc(Cl)c4)CC3)n2)c1. The van der Waals surface area contributed by atoms with Crippen LogP contribution in [0, 0.1) is 13.8 Å². The Kier molecular flexibility index (Phi) is 5.35. The lowest BCUT2D eigenvalue weighted by atomic mass is 10.1. The molecule has 0 amide bonds. The zero-order chi connectivity index (χ0) is 19.5. The van der Waals surface area contributed by atoms with Crippen LogP contribution in [-0.2, 0) is 0 Å². The van der Waals surface area contributed by atoms with Crippen molar-refractivity contribution < 1.29 is 0 Å². The molecule has 0 radical (unpaired) electrons. The second-order valence-electron chi connectivity index (χ2n) is 7.19. The van der Waals surface area contributed by atoms with Crippen LogP contribution in [0.2, 0.25) is 5.02 Å². The second kappa shape index (κ2) is 8.07. The van der Waals surface area contributed by atoms with Crippen LogP contribution in [0.4, 0.5) is 23.1 Å². The smallest absolute Gasteiger partial charge is 0.229 e. The van der Waals surface area contributed by atoms with Gasteiger partial charge in [0.1, 0.15) is 5.82 Å². The first kappa shape index (κ1) is 18.6. The first-order valence-electron chi connectivity index (χ1n) is 9.51. The minimum Gasteiger partial charge on any atom is -0.368 e. The van der Waals surface area contributed by atoms with Crippen LogP contribution in [0.25, 0.3) is 0 Å². The van der Waals surface area contributed by atoms with Gasteiger partial charge in [-0.3, -0.25) is 0 Å². The molecule has 1 saturated heterocycles. The highest BCUT2D eigenvalue weighted by Gasteiger charge is 2.19. The molecule has 2 heterocycles. The van der Waals surface area contributed by atoms with Crippen LogP contribution in [-0.4, -0.2) is 36.1 Å². The zero-order valence-corrected chi connectivity index (χ0v) is 16.9. The third-order valence-corrected chi connectivity index (χ3v) is 5.13. The largest absolute Gasteiger partial charge is 0.368 e. The molecule has 4 rings (SSSR count). The molecule has 1 aliphatic rings. The van der Waals surface area contributed by atoms with Gasteiger partial charge in [0.15, 0.2) is 0 Å². The van der Waals surface area contributed by atoms with Crippen LogP contribution in [0.1, 0.15) is 11.1 Å². The molecule has 0 bridgehead atoms. The average molecular weight is 394 g/mol. The van der Waals surface area contributed by atoms with Crippen LogP contribution in [0.15, 0.2) is 54.7 Å². The van der Waals surface area contributed by atoms with Gasteiger partial charge in [0.25, 0.3) is 0 Å². The molecular formula is C22H24ClN5. The Balaban J connectivity index is 1.43. The van der Waals surface area contributed by atoms with Gasteiger partial charge in [-0.15, -0.1) is 0 Å². The summed E-state index contributed by atoms with van der Waals surface area (Å²) < 4.78 is 0. The summed E-state index contributed by atoms with van der Waals surface area (Å²) in [5, 5.41) is 4.11. The van der Waals surface area contributed by atoms with Crippen molar-refractivity contribution in [2.75, 3.05) is 41.3 Å². The van der Waals surface area contributed by atoms with Gasteiger partial charge >= 0.3 is 0 Å². The van der Waals surface area contributed by atoms with E-state index >= 15 is 0 Å². The van der Waals surface area contributed by atoms with Crippen molar-refractivity contribution in [1.29, 1.82) is 0 Å². The molecule has 144 valence electrons. The first-order valence-corrected chi connectivity index (χ1v) is 9.88. The highest BCUT2D eigenvalue weighted by atomic mass is 35.5. The molecule has 3 aromatic rings. The summed E-state index contributed by atoms with van der Waals surface area (Å²) in [5.41, 5.74) is 4.62. The van der Waals surface area contributed by atoms with Crippen molar-refractivity contribution in [2.45, 2.75) is 13.8 Å². The maximum atomic E-state index is 6.13. The van der Waals surface area contributed by atoms with E-state index in [1.807, 2.05) is 30.5 Å². The van der Waals surface area contributed by atoms with E-state index in [0.717, 1.165) is 42.7 Å². The molecule has 0 spiro atoms. The molecule has 0 atom stereocenters. The number of aromatic nitrogens is 2. The van der Waals surface area contributed by atoms with E-state index in [2.05, 4.69) is 58.2 Å². The third-order valence-electron chi connectivity index (χ3n) is 4.90. The second-order valence-corrected chi connectivity index (χ2v) is 7.63. The molecule has 1 aliphatic heterocycles. The Morgan fingerprint density at radius 3 is 2.32 bits per heavy atom. The lowest BCUT2D eigenvalue weighted by Gasteiger charge is -2.36. The minimum absolute atomic E-state index is 0.625. The number of rotatable bonds is 4. The lowest BCUT2D eigenvalue weighted by Crippen LogP contribution is -2.46. The fourth-order valence-corrected chi connectivity index (χ4v) is 3.81. The van der Waals surface area contributed by atoms with Gasteiger partial charge in [-0.2, -0.15) is 4.98 Å². The number of piperazine rings is 1. The van der Waals surface area contributed by atoms with E-state index < -0.39 is 0 Å². The molecular weight excluding hydrogens is 370 g/mol. The molecule has 1 fully saturated rings. The van der Waals surface area contributed by atoms with Gasteiger partial charge in [-0.1, -0.05) is 23.7 Å². The summed E-state index contributed by atoms with van der Waals surface area (Å²) in [4.78, 5) is 13.8. The van der Waals surface area contributed by atoms with E-state index in [1.54, 1.807) is 0 Å². The highest BCUT2D eigenvalue weighted by molar-refractivity contribution is 6.30. The number of benzene rings is 2. The summed E-state index contributed by atoms with van der Waals surface area (Å²) in [5.74, 6) is 1.58. The monoisotopic (exact) mass is 393 g/mol. The van der Waals surface area contributed by atoms with Crippen LogP contribution in [0.3, 0.4) is 0 Å². The zero-order valence-electron chi connectivity index (χ0n) is 16.2. The van der Waals surface area contributed by atoms with Crippen molar-refractivity contribution in [1.82, 2.24) is 9.97 Å². The van der Waals surface area contributed by atoms with E-state index in [9.17, 15) is 0 Å². The van der Waals surface area contributed by atoms with Crippen LogP contribution in [0.5, 0.6) is 0 Å². The molecule has 0 saturated carbocycles. The van der Waals surface area contributed by atoms with E-state index in [-0.39, 0.29) is 0 Å². The average Bonchev–Trinajstić information content (AvgIpc) is 2.67. The number of nitrogens with one attached hydrogen (secondary N) is 1. The lowest BCUT2D eigenvalue weighted by molar-refractivity contribution is 0.647. The van der Waals surface area contributed by atoms with Gasteiger partial charge < -0.3 is 15.1 Å². The number of aryl methyl sites for hydroxylation is 2. The minimum atomic E-state index is 0.625. The maximum absolute atomic E-state index is 6.13. The fraction of sp³-hybridized carbons (Fsp3) is 0.273. The quantitative estimate of drug-likeness (QED) is 0.688.